The van der Waals surface area contributed by atoms with Gasteiger partial charge < -0.3 is 30.5 Å². The molecule has 5 N–H and O–H groups in total. The van der Waals surface area contributed by atoms with E-state index in [0.717, 1.165) is 7.05 Å². The summed E-state index contributed by atoms with van der Waals surface area (Å²) < 4.78 is 4.98. The zero-order valence-corrected chi connectivity index (χ0v) is 9.50. The summed E-state index contributed by atoms with van der Waals surface area (Å²) >= 11 is 0. The molecular formula is C8H15N3O7. The number of nitrogens with one attached hydrogen (secondary N) is 1. The SMILES string of the molecule is CN(N=O)C(=O)NC1O[C@H](CO)[C@@H](O)[C@H](O)[C@H]1O. The van der Waals surface area contributed by atoms with Crippen LogP contribution in [0, 0.1) is 4.91 Å². The number of urea groups is 1. The highest BCUT2D eigenvalue weighted by Crippen LogP contribution is 2.19. The average molecular weight is 265 g/mol. The molecule has 0 aromatic carbocycles. The Morgan fingerprint density at radius 3 is 2.44 bits per heavy atom. The molecule has 1 unspecified atom stereocenters. The van der Waals surface area contributed by atoms with Crippen LogP contribution in [0.1, 0.15) is 0 Å². The number of nitrogens with zero attached hydrogens (tertiary/aromatic N) is 2. The second-order valence-corrected chi connectivity index (χ2v) is 3.80. The van der Waals surface area contributed by atoms with Crippen LogP contribution in [0.5, 0.6) is 0 Å². The summed E-state index contributed by atoms with van der Waals surface area (Å²) in [5, 5.41) is 42.2. The largest absolute Gasteiger partial charge is 0.394 e. The van der Waals surface area contributed by atoms with Gasteiger partial charge in [-0.2, -0.15) is 5.01 Å². The number of amides is 2. The van der Waals surface area contributed by atoms with Crippen molar-refractivity contribution in [2.45, 2.75) is 30.6 Å². The molecule has 10 nitrogen and oxygen atoms in total. The summed E-state index contributed by atoms with van der Waals surface area (Å²) in [7, 11) is 1.08. The van der Waals surface area contributed by atoms with Crippen molar-refractivity contribution in [3.63, 3.8) is 0 Å². The van der Waals surface area contributed by atoms with Crippen LogP contribution in [0.25, 0.3) is 0 Å². The summed E-state index contributed by atoms with van der Waals surface area (Å²) in [6, 6.07) is -0.964. The van der Waals surface area contributed by atoms with Gasteiger partial charge in [0.1, 0.15) is 24.4 Å². The van der Waals surface area contributed by atoms with Crippen LogP contribution in [-0.4, -0.2) is 75.8 Å². The molecule has 1 aliphatic rings. The summed E-state index contributed by atoms with van der Waals surface area (Å²) in [6.45, 7) is -0.612. The minimum Gasteiger partial charge on any atom is -0.394 e. The number of carbonyl (C=O) groups is 1. The third-order valence-corrected chi connectivity index (χ3v) is 2.57. The Balaban J connectivity index is 2.70. The van der Waals surface area contributed by atoms with Gasteiger partial charge in [-0.15, -0.1) is 4.91 Å². The number of hydrogen-bond acceptors (Lipinski definition) is 8. The number of carbonyl (C=O) groups excluding carboxylic acids is 1. The number of nitroso groups, excluding NO2 is 1. The Hall–Kier alpha value is -1.33. The number of rotatable bonds is 3. The molecule has 1 rings (SSSR count). The lowest BCUT2D eigenvalue weighted by atomic mass is 9.98. The van der Waals surface area contributed by atoms with Gasteiger partial charge in [-0.25, -0.2) is 4.79 Å². The van der Waals surface area contributed by atoms with E-state index in [9.17, 15) is 25.0 Å². The first-order chi connectivity index (χ1) is 8.42. The normalized spacial score (nSPS) is 35.9. The molecule has 0 radical (unpaired) electrons. The highest BCUT2D eigenvalue weighted by molar-refractivity contribution is 5.73. The molecule has 5 atom stereocenters. The van der Waals surface area contributed by atoms with Crippen molar-refractivity contribution in [3.05, 3.63) is 4.91 Å². The van der Waals surface area contributed by atoms with E-state index in [4.69, 9.17) is 9.84 Å². The Morgan fingerprint density at radius 1 is 1.33 bits per heavy atom. The van der Waals surface area contributed by atoms with Gasteiger partial charge in [0.2, 0.25) is 0 Å². The van der Waals surface area contributed by atoms with E-state index in [1.165, 1.54) is 0 Å². The van der Waals surface area contributed by atoms with Crippen LogP contribution in [0.15, 0.2) is 5.29 Å². The van der Waals surface area contributed by atoms with E-state index >= 15 is 0 Å². The first-order valence-electron chi connectivity index (χ1n) is 5.10. The molecule has 0 aromatic rings. The lowest BCUT2D eigenvalue weighted by Crippen LogP contribution is -2.63. The molecule has 0 bridgehead atoms. The predicted octanol–water partition coefficient (Wildman–Crippen LogP) is -2.89. The van der Waals surface area contributed by atoms with Gasteiger partial charge in [-0.05, 0) is 0 Å². The predicted molar refractivity (Wildman–Crippen MR) is 55.9 cm³/mol. The fourth-order valence-electron chi connectivity index (χ4n) is 1.47. The molecular weight excluding hydrogens is 250 g/mol. The van der Waals surface area contributed by atoms with Gasteiger partial charge in [0.15, 0.2) is 6.23 Å². The van der Waals surface area contributed by atoms with E-state index in [0.29, 0.717) is 5.01 Å². The maximum atomic E-state index is 11.3. The molecule has 0 aromatic heterocycles. The van der Waals surface area contributed by atoms with Gasteiger partial charge in [-0.3, -0.25) is 0 Å². The van der Waals surface area contributed by atoms with E-state index in [-0.39, 0.29) is 0 Å². The standard InChI is InChI=1S/C8H15N3O7/c1-11(10-17)8(16)9-7-6(15)5(14)4(13)3(2-12)18-7/h3-7,12-15H,2H2,1H3,(H,9,16)/t3-,4-,5+,6-,7?/m1/s1. The second-order valence-electron chi connectivity index (χ2n) is 3.80. The number of aliphatic hydroxyl groups excluding tert-OH is 4. The van der Waals surface area contributed by atoms with Crippen molar-refractivity contribution >= 4 is 6.03 Å². The monoisotopic (exact) mass is 265 g/mol. The molecule has 10 heteroatoms. The van der Waals surface area contributed by atoms with Gasteiger partial charge in [0.05, 0.1) is 11.9 Å². The summed E-state index contributed by atoms with van der Waals surface area (Å²) in [6.07, 6.45) is -7.23. The van der Waals surface area contributed by atoms with Gasteiger partial charge in [0, 0.05) is 7.05 Å². The van der Waals surface area contributed by atoms with Crippen molar-refractivity contribution in [2.75, 3.05) is 13.7 Å². The Bertz CT molecular complexity index is 313. The first-order valence-corrected chi connectivity index (χ1v) is 5.10. The first kappa shape index (κ1) is 14.7. The van der Waals surface area contributed by atoms with Crippen LogP contribution < -0.4 is 5.32 Å². The molecule has 1 heterocycles. The third kappa shape index (κ3) is 2.91. The fraction of sp³-hybridized carbons (Fsp3) is 0.875. The van der Waals surface area contributed by atoms with Crippen molar-refractivity contribution in [2.24, 2.45) is 5.29 Å². The van der Waals surface area contributed by atoms with Gasteiger partial charge in [-0.1, -0.05) is 0 Å². The van der Waals surface area contributed by atoms with Crippen LogP contribution in [0.3, 0.4) is 0 Å². The third-order valence-electron chi connectivity index (χ3n) is 2.57. The summed E-state index contributed by atoms with van der Waals surface area (Å²) in [5.41, 5.74) is 0. The molecule has 1 saturated heterocycles. The lowest BCUT2D eigenvalue weighted by Gasteiger charge is -2.40. The Labute approximate surface area is 102 Å². The minimum absolute atomic E-state index is 0.418. The Kier molecular flexibility index (Phi) is 4.93. The quantitative estimate of drug-likeness (QED) is 0.271. The van der Waals surface area contributed by atoms with Crippen LogP contribution in [-0.2, 0) is 4.74 Å². The molecule has 1 aliphatic heterocycles. The molecule has 18 heavy (non-hydrogen) atoms. The molecule has 0 aliphatic carbocycles. The molecule has 2 amide bonds. The van der Waals surface area contributed by atoms with E-state index in [1.54, 1.807) is 0 Å². The average Bonchev–Trinajstić information content (AvgIpc) is 2.38. The fourth-order valence-corrected chi connectivity index (χ4v) is 1.47. The van der Waals surface area contributed by atoms with Crippen LogP contribution in [0.4, 0.5) is 4.79 Å². The summed E-state index contributed by atoms with van der Waals surface area (Å²) in [5.74, 6) is 0. The van der Waals surface area contributed by atoms with E-state index in [1.807, 2.05) is 0 Å². The lowest BCUT2D eigenvalue weighted by molar-refractivity contribution is -0.233. The number of ether oxygens (including phenoxy) is 1. The maximum Gasteiger partial charge on any atom is 0.342 e. The number of hydrogen-bond donors (Lipinski definition) is 5. The minimum atomic E-state index is -1.60. The zero-order valence-electron chi connectivity index (χ0n) is 9.50. The van der Waals surface area contributed by atoms with Crippen molar-refractivity contribution < 1.29 is 30.0 Å². The molecule has 0 saturated carbocycles. The smallest absolute Gasteiger partial charge is 0.342 e. The topological polar surface area (TPSA) is 152 Å². The highest BCUT2D eigenvalue weighted by atomic mass is 16.6. The maximum absolute atomic E-state index is 11.3. The molecule has 0 spiro atoms. The van der Waals surface area contributed by atoms with Crippen molar-refractivity contribution in [1.82, 2.24) is 10.3 Å². The number of aliphatic hydroxyl groups is 4. The zero-order chi connectivity index (χ0) is 13.9. The molecule has 104 valence electrons. The second kappa shape index (κ2) is 6.02. The highest BCUT2D eigenvalue weighted by Gasteiger charge is 2.44. The van der Waals surface area contributed by atoms with E-state index < -0.39 is 43.3 Å². The van der Waals surface area contributed by atoms with Gasteiger partial charge in [0.25, 0.3) is 0 Å². The van der Waals surface area contributed by atoms with Gasteiger partial charge >= 0.3 is 6.03 Å². The molecule has 1 fully saturated rings. The van der Waals surface area contributed by atoms with Crippen LogP contribution >= 0.6 is 0 Å². The Morgan fingerprint density at radius 2 is 1.94 bits per heavy atom. The summed E-state index contributed by atoms with van der Waals surface area (Å²) in [4.78, 5) is 21.4. The van der Waals surface area contributed by atoms with Crippen molar-refractivity contribution in [3.8, 4) is 0 Å². The van der Waals surface area contributed by atoms with Crippen LogP contribution in [0.2, 0.25) is 0 Å². The van der Waals surface area contributed by atoms with Crippen molar-refractivity contribution in [1.29, 1.82) is 0 Å². The van der Waals surface area contributed by atoms with E-state index in [2.05, 4.69) is 10.6 Å².